The van der Waals surface area contributed by atoms with Gasteiger partial charge < -0.3 is 15.3 Å². The van der Waals surface area contributed by atoms with Crippen molar-refractivity contribution in [1.82, 2.24) is 0 Å². The number of phenols is 1. The number of hydrogen-bond acceptors (Lipinski definition) is 4. The molecule has 3 aromatic carbocycles. The van der Waals surface area contributed by atoms with Gasteiger partial charge in [0.2, 0.25) is 0 Å². The number of benzene rings is 3. The molecule has 2 unspecified atom stereocenters. The highest BCUT2D eigenvalue weighted by Gasteiger charge is 2.36. The molecular formula is C19H14O4. The lowest BCUT2D eigenvalue weighted by Crippen LogP contribution is -2.32. The van der Waals surface area contributed by atoms with Gasteiger partial charge in [-0.25, -0.2) is 0 Å². The van der Waals surface area contributed by atoms with Crippen LogP contribution in [0.5, 0.6) is 5.75 Å². The summed E-state index contributed by atoms with van der Waals surface area (Å²) in [7, 11) is 0. The Kier molecular flexibility index (Phi) is 2.98. The Hall–Kier alpha value is -2.69. The maximum atomic E-state index is 12.3. The van der Waals surface area contributed by atoms with Gasteiger partial charge in [0, 0.05) is 5.56 Å². The highest BCUT2D eigenvalue weighted by atomic mass is 16.3. The van der Waals surface area contributed by atoms with Crippen molar-refractivity contribution in [2.24, 2.45) is 0 Å². The van der Waals surface area contributed by atoms with Gasteiger partial charge in [-0.2, -0.15) is 0 Å². The molecule has 4 heteroatoms. The van der Waals surface area contributed by atoms with Gasteiger partial charge >= 0.3 is 0 Å². The molecule has 0 bridgehead atoms. The summed E-state index contributed by atoms with van der Waals surface area (Å²) in [5.41, 5.74) is 2.52. The molecule has 3 N–H and O–H groups in total. The summed E-state index contributed by atoms with van der Waals surface area (Å²) in [4.78, 5) is 12.3. The van der Waals surface area contributed by atoms with E-state index in [9.17, 15) is 20.1 Å². The lowest BCUT2D eigenvalue weighted by atomic mass is 9.80. The monoisotopic (exact) mass is 306 g/mol. The minimum atomic E-state index is -1.47. The Labute approximate surface area is 132 Å². The molecule has 0 aliphatic heterocycles. The smallest absolute Gasteiger partial charge is 0.194 e. The number of Topliss-reactive ketones (excluding diaryl/α,β-unsaturated/α-hetero) is 1. The fourth-order valence-electron chi connectivity index (χ4n) is 3.27. The molecule has 2 atom stereocenters. The van der Waals surface area contributed by atoms with E-state index in [4.69, 9.17) is 0 Å². The Morgan fingerprint density at radius 2 is 1.52 bits per heavy atom. The van der Waals surface area contributed by atoms with Gasteiger partial charge in [-0.15, -0.1) is 0 Å². The molecule has 1 aliphatic carbocycles. The standard InChI is InChI=1S/C19H14O4/c20-12-7-4-10(5-8-12)13-9-6-11-2-1-3-14-15(11)16(13)18(22)19(23)17(14)21/h1-9,18-20,22-23H. The summed E-state index contributed by atoms with van der Waals surface area (Å²) < 4.78 is 0. The van der Waals surface area contributed by atoms with Gasteiger partial charge in [0.05, 0.1) is 0 Å². The Bertz CT molecular complexity index is 928. The van der Waals surface area contributed by atoms with E-state index in [0.29, 0.717) is 16.5 Å². The third-order valence-electron chi connectivity index (χ3n) is 4.39. The van der Waals surface area contributed by atoms with Gasteiger partial charge in [-0.05, 0) is 39.6 Å². The van der Waals surface area contributed by atoms with E-state index >= 15 is 0 Å². The van der Waals surface area contributed by atoms with Crippen molar-refractivity contribution >= 4 is 16.6 Å². The van der Waals surface area contributed by atoms with Crippen molar-refractivity contribution in [2.75, 3.05) is 0 Å². The van der Waals surface area contributed by atoms with Crippen LogP contribution in [0.2, 0.25) is 0 Å². The van der Waals surface area contributed by atoms with Crippen LogP contribution in [0.25, 0.3) is 21.9 Å². The Balaban J connectivity index is 2.09. The van der Waals surface area contributed by atoms with E-state index in [0.717, 1.165) is 16.5 Å². The molecule has 0 amide bonds. The first-order valence-electron chi connectivity index (χ1n) is 7.33. The molecule has 23 heavy (non-hydrogen) atoms. The number of rotatable bonds is 1. The van der Waals surface area contributed by atoms with Crippen LogP contribution in [0.3, 0.4) is 0 Å². The second kappa shape index (κ2) is 4.91. The number of hydrogen-bond donors (Lipinski definition) is 3. The number of carbonyl (C=O) groups excluding carboxylic acids is 1. The number of aromatic hydroxyl groups is 1. The van der Waals surface area contributed by atoms with E-state index < -0.39 is 18.0 Å². The molecule has 0 heterocycles. The molecule has 4 nitrogen and oxygen atoms in total. The molecule has 0 radical (unpaired) electrons. The van der Waals surface area contributed by atoms with Crippen LogP contribution < -0.4 is 0 Å². The molecule has 0 spiro atoms. The lowest BCUT2D eigenvalue weighted by molar-refractivity contribution is 0.0195. The average molecular weight is 306 g/mol. The van der Waals surface area contributed by atoms with Crippen LogP contribution in [0.1, 0.15) is 22.0 Å². The zero-order valence-corrected chi connectivity index (χ0v) is 12.1. The lowest BCUT2D eigenvalue weighted by Gasteiger charge is -2.28. The number of aliphatic hydroxyl groups excluding tert-OH is 2. The minimum absolute atomic E-state index is 0.152. The molecular weight excluding hydrogens is 292 g/mol. The van der Waals surface area contributed by atoms with E-state index in [1.165, 1.54) is 0 Å². The number of phenolic OH excluding ortho intramolecular Hbond substituents is 1. The first-order chi connectivity index (χ1) is 11.1. The topological polar surface area (TPSA) is 77.8 Å². The van der Waals surface area contributed by atoms with Crippen LogP contribution in [-0.2, 0) is 0 Å². The molecule has 4 rings (SSSR count). The van der Waals surface area contributed by atoms with E-state index in [1.807, 2.05) is 18.2 Å². The summed E-state index contributed by atoms with van der Waals surface area (Å²) in [5, 5.41) is 31.6. The van der Waals surface area contributed by atoms with Gasteiger partial charge in [-0.1, -0.05) is 42.5 Å². The number of ketones is 1. The van der Waals surface area contributed by atoms with Crippen LogP contribution in [0, 0.1) is 0 Å². The third-order valence-corrected chi connectivity index (χ3v) is 4.39. The summed E-state index contributed by atoms with van der Waals surface area (Å²) in [5.74, 6) is -0.307. The van der Waals surface area contributed by atoms with Crippen LogP contribution in [0.15, 0.2) is 54.6 Å². The zero-order valence-electron chi connectivity index (χ0n) is 12.1. The second-order valence-corrected chi connectivity index (χ2v) is 5.73. The van der Waals surface area contributed by atoms with Crippen molar-refractivity contribution < 1.29 is 20.1 Å². The summed E-state index contributed by atoms with van der Waals surface area (Å²) in [6.45, 7) is 0. The van der Waals surface area contributed by atoms with E-state index in [2.05, 4.69) is 0 Å². The molecule has 3 aromatic rings. The average Bonchev–Trinajstić information content (AvgIpc) is 2.58. The third kappa shape index (κ3) is 1.96. The van der Waals surface area contributed by atoms with Crippen molar-refractivity contribution in [3.05, 3.63) is 65.7 Å². The van der Waals surface area contributed by atoms with E-state index in [1.54, 1.807) is 36.4 Å². The highest BCUT2D eigenvalue weighted by Crippen LogP contribution is 2.41. The molecule has 114 valence electrons. The van der Waals surface area contributed by atoms with Gasteiger partial charge in [0.1, 0.15) is 18.0 Å². The van der Waals surface area contributed by atoms with Crippen molar-refractivity contribution in [3.63, 3.8) is 0 Å². The van der Waals surface area contributed by atoms with Crippen LogP contribution >= 0.6 is 0 Å². The number of carbonyl (C=O) groups is 1. The Morgan fingerprint density at radius 1 is 0.783 bits per heavy atom. The second-order valence-electron chi connectivity index (χ2n) is 5.73. The van der Waals surface area contributed by atoms with Crippen molar-refractivity contribution in [3.8, 4) is 16.9 Å². The fourth-order valence-corrected chi connectivity index (χ4v) is 3.27. The van der Waals surface area contributed by atoms with Crippen molar-refractivity contribution in [2.45, 2.75) is 12.2 Å². The molecule has 0 aromatic heterocycles. The Morgan fingerprint density at radius 3 is 2.26 bits per heavy atom. The maximum Gasteiger partial charge on any atom is 0.194 e. The van der Waals surface area contributed by atoms with Gasteiger partial charge in [0.25, 0.3) is 0 Å². The predicted octanol–water partition coefficient (Wildman–Crippen LogP) is 2.80. The van der Waals surface area contributed by atoms with Gasteiger partial charge in [0.15, 0.2) is 5.78 Å². The molecule has 0 saturated heterocycles. The molecule has 0 saturated carbocycles. The van der Waals surface area contributed by atoms with Gasteiger partial charge in [-0.3, -0.25) is 4.79 Å². The summed E-state index contributed by atoms with van der Waals surface area (Å²) in [6, 6.07) is 15.7. The largest absolute Gasteiger partial charge is 0.508 e. The fraction of sp³-hybridized carbons (Fsp3) is 0.105. The first-order valence-corrected chi connectivity index (χ1v) is 7.33. The maximum absolute atomic E-state index is 12.3. The molecule has 1 aliphatic rings. The van der Waals surface area contributed by atoms with Crippen LogP contribution in [0.4, 0.5) is 0 Å². The first kappa shape index (κ1) is 13.9. The summed E-state index contributed by atoms with van der Waals surface area (Å²) >= 11 is 0. The van der Waals surface area contributed by atoms with E-state index in [-0.39, 0.29) is 5.75 Å². The number of aliphatic hydroxyl groups is 2. The quantitative estimate of drug-likeness (QED) is 0.646. The highest BCUT2D eigenvalue weighted by molar-refractivity contribution is 6.15. The molecule has 0 fully saturated rings. The van der Waals surface area contributed by atoms with Crippen LogP contribution in [-0.4, -0.2) is 27.2 Å². The normalized spacial score (nSPS) is 20.0. The SMILES string of the molecule is O=C1c2cccc3ccc(-c4ccc(O)cc4)c(c23)C(O)C1O. The predicted molar refractivity (Wildman–Crippen MR) is 86.3 cm³/mol. The summed E-state index contributed by atoms with van der Waals surface area (Å²) in [6.07, 6.45) is -2.74. The zero-order chi connectivity index (χ0) is 16.1. The minimum Gasteiger partial charge on any atom is -0.508 e. The van der Waals surface area contributed by atoms with Crippen molar-refractivity contribution in [1.29, 1.82) is 0 Å².